The summed E-state index contributed by atoms with van der Waals surface area (Å²) in [6, 6.07) is 2.48. The number of rotatable bonds is 4. The zero-order valence-corrected chi connectivity index (χ0v) is 15.9. The Bertz CT molecular complexity index is 733. The number of aliphatic hydroxyl groups excluding tert-OH is 1. The van der Waals surface area contributed by atoms with Crippen LogP contribution in [0, 0.1) is 13.8 Å². The molecule has 0 radical (unpaired) electrons. The second-order valence-electron chi connectivity index (χ2n) is 7.72. The van der Waals surface area contributed by atoms with Crippen molar-refractivity contribution in [2.45, 2.75) is 32.5 Å². The van der Waals surface area contributed by atoms with E-state index in [9.17, 15) is 5.11 Å². The van der Waals surface area contributed by atoms with E-state index < -0.39 is 0 Å². The third kappa shape index (κ3) is 3.29. The second-order valence-corrected chi connectivity index (χ2v) is 7.72. The van der Waals surface area contributed by atoms with Crippen molar-refractivity contribution in [1.29, 1.82) is 0 Å². The number of aromatic nitrogens is 4. The number of aliphatic hydroxyl groups is 1. The normalized spacial score (nSPS) is 26.0. The molecule has 26 heavy (non-hydrogen) atoms. The SMILES string of the molecule is Cc1cc(CN2C[C@@H](O)[C@H](N3CCN(C)CC3)C2)c(C)n1-n1cnnc1. The van der Waals surface area contributed by atoms with Gasteiger partial charge in [0.15, 0.2) is 0 Å². The predicted molar refractivity (Wildman–Crippen MR) is 98.9 cm³/mol. The first kappa shape index (κ1) is 17.7. The van der Waals surface area contributed by atoms with E-state index >= 15 is 0 Å². The minimum absolute atomic E-state index is 0.255. The van der Waals surface area contributed by atoms with E-state index in [0.717, 1.165) is 51.5 Å². The van der Waals surface area contributed by atoms with Crippen LogP contribution < -0.4 is 0 Å². The van der Waals surface area contributed by atoms with Gasteiger partial charge < -0.3 is 10.0 Å². The first-order valence-electron chi connectivity index (χ1n) is 9.39. The monoisotopic (exact) mass is 359 g/mol. The van der Waals surface area contributed by atoms with Crippen LogP contribution in [0.2, 0.25) is 0 Å². The molecule has 142 valence electrons. The van der Waals surface area contributed by atoms with Crippen molar-refractivity contribution in [3.63, 3.8) is 0 Å². The Balaban J connectivity index is 1.45. The van der Waals surface area contributed by atoms with E-state index in [-0.39, 0.29) is 12.1 Å². The van der Waals surface area contributed by atoms with Crippen molar-refractivity contribution in [3.8, 4) is 0 Å². The van der Waals surface area contributed by atoms with Crippen molar-refractivity contribution in [2.24, 2.45) is 0 Å². The number of likely N-dealkylation sites (tertiary alicyclic amines) is 1. The molecule has 2 fully saturated rings. The number of nitrogens with zero attached hydrogens (tertiary/aromatic N) is 7. The highest BCUT2D eigenvalue weighted by molar-refractivity contribution is 5.27. The van der Waals surface area contributed by atoms with Gasteiger partial charge >= 0.3 is 0 Å². The molecule has 0 spiro atoms. The predicted octanol–water partition coefficient (Wildman–Crippen LogP) is -0.200. The largest absolute Gasteiger partial charge is 0.390 e. The Hall–Kier alpha value is -1.74. The van der Waals surface area contributed by atoms with E-state index in [1.807, 2.05) is 4.68 Å². The Morgan fingerprint density at radius 3 is 2.46 bits per heavy atom. The smallest absolute Gasteiger partial charge is 0.139 e. The number of hydrogen-bond donors (Lipinski definition) is 1. The van der Waals surface area contributed by atoms with Crippen LogP contribution in [0.15, 0.2) is 18.7 Å². The molecule has 0 bridgehead atoms. The lowest BCUT2D eigenvalue weighted by molar-refractivity contribution is 0.0512. The van der Waals surface area contributed by atoms with Crippen LogP contribution in [0.1, 0.15) is 17.0 Å². The molecule has 4 rings (SSSR count). The van der Waals surface area contributed by atoms with Gasteiger partial charge in [0.25, 0.3) is 0 Å². The Kier molecular flexibility index (Phi) is 4.83. The molecular formula is C18H29N7O. The molecule has 0 unspecified atom stereocenters. The van der Waals surface area contributed by atoms with Gasteiger partial charge in [0, 0.05) is 63.2 Å². The van der Waals surface area contributed by atoms with Gasteiger partial charge in [0.1, 0.15) is 12.7 Å². The number of hydrogen-bond acceptors (Lipinski definition) is 6. The van der Waals surface area contributed by atoms with Gasteiger partial charge in [-0.2, -0.15) is 0 Å². The summed E-state index contributed by atoms with van der Waals surface area (Å²) in [5.74, 6) is 0. The summed E-state index contributed by atoms with van der Waals surface area (Å²) in [5.41, 5.74) is 3.65. The topological polar surface area (TPSA) is 65.6 Å². The average molecular weight is 359 g/mol. The van der Waals surface area contributed by atoms with Crippen LogP contribution in [0.25, 0.3) is 0 Å². The van der Waals surface area contributed by atoms with Crippen LogP contribution in [-0.4, -0.2) is 97.8 Å². The van der Waals surface area contributed by atoms with E-state index in [2.05, 4.69) is 56.5 Å². The van der Waals surface area contributed by atoms with Gasteiger partial charge in [-0.05, 0) is 32.5 Å². The fraction of sp³-hybridized carbons (Fsp3) is 0.667. The van der Waals surface area contributed by atoms with Gasteiger partial charge in [0.05, 0.1) is 6.10 Å². The van der Waals surface area contributed by atoms with E-state index in [1.165, 1.54) is 11.3 Å². The molecule has 2 saturated heterocycles. The molecule has 2 aliphatic rings. The van der Waals surface area contributed by atoms with E-state index in [0.29, 0.717) is 0 Å². The maximum atomic E-state index is 10.6. The van der Waals surface area contributed by atoms with E-state index in [1.54, 1.807) is 12.7 Å². The number of aryl methyl sites for hydroxylation is 1. The Labute approximate surface area is 154 Å². The minimum atomic E-state index is -0.264. The molecule has 2 aliphatic heterocycles. The third-order valence-corrected chi connectivity index (χ3v) is 5.87. The summed E-state index contributed by atoms with van der Waals surface area (Å²) >= 11 is 0. The molecule has 0 amide bonds. The Morgan fingerprint density at radius 2 is 1.77 bits per heavy atom. The molecule has 4 heterocycles. The van der Waals surface area contributed by atoms with Gasteiger partial charge in [-0.1, -0.05) is 0 Å². The molecule has 2 atom stereocenters. The van der Waals surface area contributed by atoms with Crippen molar-refractivity contribution < 1.29 is 5.11 Å². The van der Waals surface area contributed by atoms with E-state index in [4.69, 9.17) is 0 Å². The highest BCUT2D eigenvalue weighted by atomic mass is 16.3. The maximum Gasteiger partial charge on any atom is 0.139 e. The maximum absolute atomic E-state index is 10.6. The highest BCUT2D eigenvalue weighted by Gasteiger charge is 2.36. The molecule has 0 aliphatic carbocycles. The number of β-amino-alcohol motifs (C(OH)–C–C–N with tert-alkyl or cyclic N) is 1. The molecule has 0 aromatic carbocycles. The molecule has 0 saturated carbocycles. The lowest BCUT2D eigenvalue weighted by atomic mass is 10.1. The number of likely N-dealkylation sites (N-methyl/N-ethyl adjacent to an activating group) is 1. The molecule has 1 N–H and O–H groups in total. The van der Waals surface area contributed by atoms with Crippen molar-refractivity contribution in [2.75, 3.05) is 46.3 Å². The standard InChI is InChI=1S/C18H29N7O/c1-14-8-16(15(2)25(14)24-12-19-20-13-24)9-22-10-17(18(26)11-22)23-6-4-21(3)5-7-23/h8,12-13,17-18,26H,4-7,9-11H2,1-3H3/t17-,18-/m1/s1. The lowest BCUT2D eigenvalue weighted by Gasteiger charge is -2.37. The second kappa shape index (κ2) is 7.11. The lowest BCUT2D eigenvalue weighted by Crippen LogP contribution is -2.52. The minimum Gasteiger partial charge on any atom is -0.390 e. The van der Waals surface area contributed by atoms with Crippen LogP contribution in [0.5, 0.6) is 0 Å². The Morgan fingerprint density at radius 1 is 1.08 bits per heavy atom. The quantitative estimate of drug-likeness (QED) is 0.816. The summed E-state index contributed by atoms with van der Waals surface area (Å²) in [7, 11) is 2.17. The summed E-state index contributed by atoms with van der Waals surface area (Å²) in [5, 5.41) is 18.4. The molecule has 8 heteroatoms. The molecule has 2 aromatic rings. The third-order valence-electron chi connectivity index (χ3n) is 5.87. The fourth-order valence-electron chi connectivity index (χ4n) is 4.36. The van der Waals surface area contributed by atoms with Crippen molar-refractivity contribution >= 4 is 0 Å². The summed E-state index contributed by atoms with van der Waals surface area (Å²) < 4.78 is 4.03. The van der Waals surface area contributed by atoms with Crippen LogP contribution in [0.3, 0.4) is 0 Å². The zero-order chi connectivity index (χ0) is 18.3. The fourth-order valence-corrected chi connectivity index (χ4v) is 4.36. The first-order valence-corrected chi connectivity index (χ1v) is 9.39. The highest BCUT2D eigenvalue weighted by Crippen LogP contribution is 2.23. The molecular weight excluding hydrogens is 330 g/mol. The summed E-state index contributed by atoms with van der Waals surface area (Å²) in [4.78, 5) is 7.20. The van der Waals surface area contributed by atoms with Crippen LogP contribution >= 0.6 is 0 Å². The molecule has 8 nitrogen and oxygen atoms in total. The molecule has 2 aromatic heterocycles. The van der Waals surface area contributed by atoms with Gasteiger partial charge in [-0.25, -0.2) is 4.68 Å². The van der Waals surface area contributed by atoms with Gasteiger partial charge in [0.2, 0.25) is 0 Å². The van der Waals surface area contributed by atoms with Gasteiger partial charge in [-0.3, -0.25) is 14.5 Å². The number of piperazine rings is 1. The van der Waals surface area contributed by atoms with Crippen molar-refractivity contribution in [3.05, 3.63) is 35.7 Å². The van der Waals surface area contributed by atoms with Crippen LogP contribution in [0.4, 0.5) is 0 Å². The van der Waals surface area contributed by atoms with Crippen molar-refractivity contribution in [1.82, 2.24) is 34.2 Å². The van der Waals surface area contributed by atoms with Gasteiger partial charge in [-0.15, -0.1) is 10.2 Å². The summed E-state index contributed by atoms with van der Waals surface area (Å²) in [6.45, 7) is 11.0. The summed E-state index contributed by atoms with van der Waals surface area (Å²) in [6.07, 6.45) is 3.17. The zero-order valence-electron chi connectivity index (χ0n) is 15.9. The average Bonchev–Trinajstić information content (AvgIpc) is 3.30. The first-order chi connectivity index (χ1) is 12.5. The van der Waals surface area contributed by atoms with Crippen LogP contribution in [-0.2, 0) is 6.54 Å².